The first-order chi connectivity index (χ1) is 8.36. The third-order valence-electron chi connectivity index (χ3n) is 2.78. The molecule has 0 aromatic heterocycles. The molecule has 100 valence electrons. The lowest BCUT2D eigenvalue weighted by Gasteiger charge is -2.28. The van der Waals surface area contributed by atoms with Gasteiger partial charge in [0.25, 0.3) is 0 Å². The number of methoxy groups -OCH3 is 1. The Morgan fingerprint density at radius 2 is 2.00 bits per heavy atom. The Labute approximate surface area is 112 Å². The van der Waals surface area contributed by atoms with Gasteiger partial charge in [0.2, 0.25) is 0 Å². The minimum atomic E-state index is -0.970. The molecule has 0 saturated carbocycles. The smallest absolute Gasteiger partial charge is 0.321 e. The van der Waals surface area contributed by atoms with Gasteiger partial charge in [-0.05, 0) is 31.5 Å². The maximum atomic E-state index is 10.9. The highest BCUT2D eigenvalue weighted by atomic mass is 32.2. The molecule has 0 heterocycles. The van der Waals surface area contributed by atoms with Crippen molar-refractivity contribution in [1.82, 2.24) is 0 Å². The Hall–Kier alpha value is -1.20. The molecule has 18 heavy (non-hydrogen) atoms. The summed E-state index contributed by atoms with van der Waals surface area (Å²) in [5.41, 5.74) is 6.78. The minimum Gasteiger partial charge on any atom is -0.497 e. The van der Waals surface area contributed by atoms with Crippen molar-refractivity contribution < 1.29 is 14.6 Å². The van der Waals surface area contributed by atoms with Gasteiger partial charge in [0.15, 0.2) is 0 Å². The van der Waals surface area contributed by atoms with Crippen LogP contribution in [0.15, 0.2) is 24.3 Å². The molecule has 4 nitrogen and oxygen atoms in total. The zero-order chi connectivity index (χ0) is 13.8. The first-order valence-electron chi connectivity index (χ1n) is 5.62. The average molecular weight is 269 g/mol. The van der Waals surface area contributed by atoms with E-state index in [4.69, 9.17) is 15.6 Å². The van der Waals surface area contributed by atoms with Gasteiger partial charge in [0, 0.05) is 10.5 Å². The first kappa shape index (κ1) is 14.9. The largest absolute Gasteiger partial charge is 0.497 e. The number of carboxylic acids is 1. The van der Waals surface area contributed by atoms with E-state index in [9.17, 15) is 4.79 Å². The molecule has 0 unspecified atom stereocenters. The maximum Gasteiger partial charge on any atom is 0.321 e. The predicted molar refractivity (Wildman–Crippen MR) is 74.0 cm³/mol. The lowest BCUT2D eigenvalue weighted by atomic mass is 10.1. The highest BCUT2D eigenvalue weighted by Gasteiger charge is 2.32. The molecule has 5 heteroatoms. The van der Waals surface area contributed by atoms with Crippen molar-refractivity contribution in [2.45, 2.75) is 30.4 Å². The number of thioether (sulfide) groups is 1. The third-order valence-corrected chi connectivity index (χ3v) is 4.26. The fourth-order valence-electron chi connectivity index (χ4n) is 1.38. The number of rotatable bonds is 6. The molecule has 0 aliphatic rings. The van der Waals surface area contributed by atoms with Gasteiger partial charge in [-0.3, -0.25) is 4.79 Å². The van der Waals surface area contributed by atoms with Gasteiger partial charge in [0.05, 0.1) is 7.11 Å². The second-order valence-electron chi connectivity index (χ2n) is 4.56. The average Bonchev–Trinajstić information content (AvgIpc) is 2.36. The summed E-state index contributed by atoms with van der Waals surface area (Å²) in [5.74, 6) is 0.560. The van der Waals surface area contributed by atoms with Crippen LogP contribution in [0, 0.1) is 0 Å². The van der Waals surface area contributed by atoms with Crippen LogP contribution in [0.1, 0.15) is 19.4 Å². The summed E-state index contributed by atoms with van der Waals surface area (Å²) < 4.78 is 4.57. The van der Waals surface area contributed by atoms with E-state index in [0.29, 0.717) is 0 Å². The summed E-state index contributed by atoms with van der Waals surface area (Å²) in [6.07, 6.45) is 0. The standard InChI is InChI=1S/C13H19NO3S/c1-13(2,11(14)12(15)16)18-8-9-4-6-10(17-3)7-5-9/h4-7,11H,8,14H2,1-3H3,(H,15,16)/t11-/m1/s1. The Morgan fingerprint density at radius 1 is 1.44 bits per heavy atom. The Kier molecular flexibility index (Phi) is 5.04. The third kappa shape index (κ3) is 3.92. The van der Waals surface area contributed by atoms with Crippen LogP contribution < -0.4 is 10.5 Å². The number of hydrogen-bond acceptors (Lipinski definition) is 4. The number of ether oxygens (including phenoxy) is 1. The SMILES string of the molecule is COc1ccc(CSC(C)(C)[C@H](N)C(=O)O)cc1. The minimum absolute atomic E-state index is 0.508. The van der Waals surface area contributed by atoms with Crippen LogP contribution in [0.2, 0.25) is 0 Å². The monoisotopic (exact) mass is 269 g/mol. The molecule has 1 aromatic rings. The lowest BCUT2D eigenvalue weighted by Crippen LogP contribution is -2.46. The number of aliphatic carboxylic acids is 1. The van der Waals surface area contributed by atoms with Gasteiger partial charge in [-0.2, -0.15) is 0 Å². The number of hydrogen-bond donors (Lipinski definition) is 2. The molecule has 1 rings (SSSR count). The Balaban J connectivity index is 2.60. The lowest BCUT2D eigenvalue weighted by molar-refractivity contribution is -0.139. The van der Waals surface area contributed by atoms with Crippen LogP contribution in [0.4, 0.5) is 0 Å². The predicted octanol–water partition coefficient (Wildman–Crippen LogP) is 2.12. The van der Waals surface area contributed by atoms with Crippen molar-refractivity contribution in [3.05, 3.63) is 29.8 Å². The van der Waals surface area contributed by atoms with Crippen LogP contribution in [0.5, 0.6) is 5.75 Å². The Bertz CT molecular complexity index is 403. The molecule has 1 atom stereocenters. The zero-order valence-electron chi connectivity index (χ0n) is 10.8. The quantitative estimate of drug-likeness (QED) is 0.827. The molecule has 0 fully saturated rings. The van der Waals surface area contributed by atoms with E-state index in [1.165, 1.54) is 11.8 Å². The summed E-state index contributed by atoms with van der Waals surface area (Å²) in [7, 11) is 1.62. The zero-order valence-corrected chi connectivity index (χ0v) is 11.7. The Morgan fingerprint density at radius 3 is 2.44 bits per heavy atom. The van der Waals surface area contributed by atoms with Crippen molar-refractivity contribution in [2.24, 2.45) is 5.73 Å². The summed E-state index contributed by atoms with van der Waals surface area (Å²) in [6, 6.07) is 6.84. The summed E-state index contributed by atoms with van der Waals surface area (Å²) in [4.78, 5) is 10.9. The summed E-state index contributed by atoms with van der Waals surface area (Å²) in [6.45, 7) is 3.69. The maximum absolute atomic E-state index is 10.9. The van der Waals surface area contributed by atoms with Gasteiger partial charge >= 0.3 is 5.97 Å². The van der Waals surface area contributed by atoms with Crippen LogP contribution in [-0.4, -0.2) is 29.0 Å². The molecule has 0 radical (unpaired) electrons. The van der Waals surface area contributed by atoms with E-state index >= 15 is 0 Å². The molecule has 0 aliphatic carbocycles. The van der Waals surface area contributed by atoms with Crippen molar-refractivity contribution in [3.63, 3.8) is 0 Å². The number of carbonyl (C=O) groups is 1. The highest BCUT2D eigenvalue weighted by molar-refractivity contribution is 7.99. The molecule has 0 spiro atoms. The molecular weight excluding hydrogens is 250 g/mol. The van der Waals surface area contributed by atoms with Gasteiger partial charge in [-0.25, -0.2) is 0 Å². The van der Waals surface area contributed by atoms with Gasteiger partial charge in [0.1, 0.15) is 11.8 Å². The molecule has 0 amide bonds. The second kappa shape index (κ2) is 6.11. The van der Waals surface area contributed by atoms with Crippen molar-refractivity contribution in [2.75, 3.05) is 7.11 Å². The van der Waals surface area contributed by atoms with Gasteiger partial charge in [-0.15, -0.1) is 11.8 Å². The van der Waals surface area contributed by atoms with Gasteiger partial charge in [-0.1, -0.05) is 12.1 Å². The molecule has 0 aliphatic heterocycles. The topological polar surface area (TPSA) is 72.5 Å². The fourth-order valence-corrected chi connectivity index (χ4v) is 2.39. The second-order valence-corrected chi connectivity index (χ2v) is 6.19. The van der Waals surface area contributed by atoms with E-state index in [-0.39, 0.29) is 0 Å². The van der Waals surface area contributed by atoms with Crippen molar-refractivity contribution in [3.8, 4) is 5.75 Å². The van der Waals surface area contributed by atoms with Crippen LogP contribution in [0.3, 0.4) is 0 Å². The van der Waals surface area contributed by atoms with E-state index in [0.717, 1.165) is 17.1 Å². The normalized spacial score (nSPS) is 13.1. The number of benzene rings is 1. The molecular formula is C13H19NO3S. The van der Waals surface area contributed by atoms with Crippen LogP contribution >= 0.6 is 11.8 Å². The molecule has 0 saturated heterocycles. The van der Waals surface area contributed by atoms with Crippen molar-refractivity contribution >= 4 is 17.7 Å². The summed E-state index contributed by atoms with van der Waals surface area (Å²) >= 11 is 1.54. The van der Waals surface area contributed by atoms with E-state index < -0.39 is 16.8 Å². The molecule has 1 aromatic carbocycles. The van der Waals surface area contributed by atoms with E-state index in [2.05, 4.69) is 0 Å². The van der Waals surface area contributed by atoms with Crippen LogP contribution in [0.25, 0.3) is 0 Å². The summed E-state index contributed by atoms with van der Waals surface area (Å²) in [5, 5.41) is 8.93. The van der Waals surface area contributed by atoms with Gasteiger partial charge < -0.3 is 15.6 Å². The molecule has 3 N–H and O–H groups in total. The first-order valence-corrected chi connectivity index (χ1v) is 6.60. The molecule has 0 bridgehead atoms. The number of nitrogens with two attached hydrogens (primary N) is 1. The highest BCUT2D eigenvalue weighted by Crippen LogP contribution is 2.31. The van der Waals surface area contributed by atoms with E-state index in [1.54, 1.807) is 7.11 Å². The van der Waals surface area contributed by atoms with Crippen LogP contribution in [-0.2, 0) is 10.5 Å². The van der Waals surface area contributed by atoms with E-state index in [1.807, 2.05) is 38.1 Å². The fraction of sp³-hybridized carbons (Fsp3) is 0.462. The number of carboxylic acid groups (broad SMARTS) is 1. The van der Waals surface area contributed by atoms with Crippen molar-refractivity contribution in [1.29, 1.82) is 0 Å².